The Morgan fingerprint density at radius 2 is 1.55 bits per heavy atom. The molecule has 3 aromatic carbocycles. The minimum Gasteiger partial charge on any atom is -0.497 e. The van der Waals surface area contributed by atoms with E-state index in [1.54, 1.807) is 46.6 Å². The van der Waals surface area contributed by atoms with E-state index in [0.717, 1.165) is 22.1 Å². The lowest BCUT2D eigenvalue weighted by Crippen LogP contribution is -2.23. The van der Waals surface area contributed by atoms with Crippen LogP contribution in [0.4, 0.5) is 0 Å². The summed E-state index contributed by atoms with van der Waals surface area (Å²) in [5.74, 6) is 2.08. The molecule has 0 aliphatic carbocycles. The van der Waals surface area contributed by atoms with Gasteiger partial charge in [0.05, 0.1) is 28.4 Å². The number of carbonyl (C=O) groups is 1. The summed E-state index contributed by atoms with van der Waals surface area (Å²) >= 11 is 0. The van der Waals surface area contributed by atoms with Crippen molar-refractivity contribution in [2.24, 2.45) is 0 Å². The largest absolute Gasteiger partial charge is 0.497 e. The molecule has 0 radical (unpaired) electrons. The van der Waals surface area contributed by atoms with Gasteiger partial charge in [-0.25, -0.2) is 0 Å². The third-order valence-corrected chi connectivity index (χ3v) is 5.34. The third kappa shape index (κ3) is 4.30. The van der Waals surface area contributed by atoms with Crippen LogP contribution in [0.1, 0.15) is 16.1 Å². The first kappa shape index (κ1) is 22.1. The molecule has 1 amide bonds. The number of carbonyl (C=O) groups excluding carboxylic acids is 1. The van der Waals surface area contributed by atoms with E-state index in [2.05, 4.69) is 5.32 Å². The second-order valence-corrected chi connectivity index (χ2v) is 7.25. The summed E-state index contributed by atoms with van der Waals surface area (Å²) in [7, 11) is 6.24. The van der Waals surface area contributed by atoms with E-state index in [0.29, 0.717) is 28.6 Å². The molecule has 1 heterocycles. The minimum atomic E-state index is -0.335. The Kier molecular flexibility index (Phi) is 6.40. The zero-order chi connectivity index (χ0) is 23.4. The number of hydrogen-bond acceptors (Lipinski definition) is 6. The molecule has 1 N–H and O–H groups in total. The molecular weight excluding hydrogens is 422 g/mol. The Morgan fingerprint density at radius 1 is 0.848 bits per heavy atom. The van der Waals surface area contributed by atoms with Crippen molar-refractivity contribution in [3.8, 4) is 34.1 Å². The average Bonchev–Trinajstić information content (AvgIpc) is 3.25. The van der Waals surface area contributed by atoms with Crippen molar-refractivity contribution in [2.75, 3.05) is 28.4 Å². The van der Waals surface area contributed by atoms with E-state index >= 15 is 0 Å². The number of amides is 1. The Balaban J connectivity index is 1.69. The quantitative estimate of drug-likeness (QED) is 0.407. The van der Waals surface area contributed by atoms with Crippen LogP contribution in [0.2, 0.25) is 0 Å². The fourth-order valence-corrected chi connectivity index (χ4v) is 3.76. The predicted molar refractivity (Wildman–Crippen MR) is 125 cm³/mol. The van der Waals surface area contributed by atoms with Crippen LogP contribution in [0, 0.1) is 0 Å². The number of rotatable bonds is 8. The van der Waals surface area contributed by atoms with Crippen LogP contribution in [0.5, 0.6) is 23.0 Å². The SMILES string of the molecule is COc1ccc2c(-c3ccccc3)c(C(=O)NCc3cc(OC)c(OC)c(OC)c3)oc2c1. The van der Waals surface area contributed by atoms with Crippen LogP contribution in [0.3, 0.4) is 0 Å². The summed E-state index contributed by atoms with van der Waals surface area (Å²) in [6, 6.07) is 18.8. The first-order valence-corrected chi connectivity index (χ1v) is 10.3. The summed E-state index contributed by atoms with van der Waals surface area (Å²) in [4.78, 5) is 13.2. The smallest absolute Gasteiger partial charge is 0.287 e. The fraction of sp³-hybridized carbons (Fsp3) is 0.192. The van der Waals surface area contributed by atoms with E-state index in [1.807, 2.05) is 42.5 Å². The second-order valence-electron chi connectivity index (χ2n) is 7.25. The molecular formula is C26H25NO6. The highest BCUT2D eigenvalue weighted by atomic mass is 16.5. The summed E-state index contributed by atoms with van der Waals surface area (Å²) < 4.78 is 27.5. The number of fused-ring (bicyclic) bond motifs is 1. The molecule has 0 atom stereocenters. The number of methoxy groups -OCH3 is 4. The maximum Gasteiger partial charge on any atom is 0.287 e. The molecule has 0 bridgehead atoms. The van der Waals surface area contributed by atoms with Gasteiger partial charge in [-0.15, -0.1) is 0 Å². The molecule has 4 aromatic rings. The number of nitrogens with one attached hydrogen (secondary N) is 1. The summed E-state index contributed by atoms with van der Waals surface area (Å²) in [6.45, 7) is 0.240. The highest BCUT2D eigenvalue weighted by molar-refractivity contribution is 6.08. The predicted octanol–water partition coefficient (Wildman–Crippen LogP) is 5.06. The Hall–Kier alpha value is -4.13. The maximum absolute atomic E-state index is 13.2. The van der Waals surface area contributed by atoms with Gasteiger partial charge in [-0.2, -0.15) is 0 Å². The lowest BCUT2D eigenvalue weighted by Gasteiger charge is -2.14. The number of ether oxygens (including phenoxy) is 4. The van der Waals surface area contributed by atoms with E-state index in [1.165, 1.54) is 0 Å². The molecule has 0 saturated carbocycles. The van der Waals surface area contributed by atoms with E-state index in [4.69, 9.17) is 23.4 Å². The van der Waals surface area contributed by atoms with Gasteiger partial charge >= 0.3 is 0 Å². The van der Waals surface area contributed by atoms with Crippen molar-refractivity contribution < 1.29 is 28.2 Å². The van der Waals surface area contributed by atoms with Crippen LogP contribution in [-0.2, 0) is 6.54 Å². The zero-order valence-electron chi connectivity index (χ0n) is 18.9. The van der Waals surface area contributed by atoms with Gasteiger partial charge in [0.1, 0.15) is 11.3 Å². The number of benzene rings is 3. The monoisotopic (exact) mass is 447 g/mol. The van der Waals surface area contributed by atoms with Gasteiger partial charge in [-0.05, 0) is 35.4 Å². The maximum atomic E-state index is 13.2. The molecule has 0 aliphatic rings. The molecule has 7 nitrogen and oxygen atoms in total. The van der Waals surface area contributed by atoms with Crippen molar-refractivity contribution in [1.29, 1.82) is 0 Å². The van der Waals surface area contributed by atoms with E-state index in [9.17, 15) is 4.79 Å². The van der Waals surface area contributed by atoms with Crippen molar-refractivity contribution in [3.05, 3.63) is 72.0 Å². The van der Waals surface area contributed by atoms with Crippen LogP contribution in [0.25, 0.3) is 22.1 Å². The fourth-order valence-electron chi connectivity index (χ4n) is 3.76. The molecule has 33 heavy (non-hydrogen) atoms. The van der Waals surface area contributed by atoms with E-state index in [-0.39, 0.29) is 18.2 Å². The van der Waals surface area contributed by atoms with Crippen molar-refractivity contribution in [2.45, 2.75) is 6.54 Å². The Bertz CT molecular complexity index is 1250. The highest BCUT2D eigenvalue weighted by Crippen LogP contribution is 2.39. The molecule has 0 spiro atoms. The lowest BCUT2D eigenvalue weighted by molar-refractivity contribution is 0.0926. The molecule has 0 unspecified atom stereocenters. The van der Waals surface area contributed by atoms with Crippen LogP contribution in [-0.4, -0.2) is 34.3 Å². The minimum absolute atomic E-state index is 0.233. The highest BCUT2D eigenvalue weighted by Gasteiger charge is 2.22. The van der Waals surface area contributed by atoms with Crippen LogP contribution in [0.15, 0.2) is 65.1 Å². The van der Waals surface area contributed by atoms with Crippen molar-refractivity contribution >= 4 is 16.9 Å². The van der Waals surface area contributed by atoms with Gasteiger partial charge < -0.3 is 28.7 Å². The summed E-state index contributed by atoms with van der Waals surface area (Å²) in [6.07, 6.45) is 0. The molecule has 4 rings (SSSR count). The Morgan fingerprint density at radius 3 is 2.15 bits per heavy atom. The molecule has 1 aromatic heterocycles. The van der Waals surface area contributed by atoms with Gasteiger partial charge in [0.2, 0.25) is 11.5 Å². The van der Waals surface area contributed by atoms with Crippen LogP contribution < -0.4 is 24.3 Å². The average molecular weight is 447 g/mol. The summed E-state index contributed by atoms with van der Waals surface area (Å²) in [5, 5.41) is 3.77. The van der Waals surface area contributed by atoms with Gasteiger partial charge in [0.25, 0.3) is 5.91 Å². The van der Waals surface area contributed by atoms with E-state index < -0.39 is 0 Å². The van der Waals surface area contributed by atoms with Gasteiger partial charge in [-0.3, -0.25) is 4.79 Å². The molecule has 0 aliphatic heterocycles. The Labute approximate surface area is 191 Å². The topological polar surface area (TPSA) is 79.2 Å². The second kappa shape index (κ2) is 9.56. The van der Waals surface area contributed by atoms with Gasteiger partial charge in [0, 0.05) is 23.6 Å². The normalized spacial score (nSPS) is 10.7. The zero-order valence-corrected chi connectivity index (χ0v) is 18.9. The lowest BCUT2D eigenvalue weighted by atomic mass is 10.0. The summed E-state index contributed by atoms with van der Waals surface area (Å²) in [5.41, 5.74) is 2.98. The first-order chi connectivity index (χ1) is 16.1. The molecule has 170 valence electrons. The van der Waals surface area contributed by atoms with Crippen LogP contribution >= 0.6 is 0 Å². The molecule has 0 fully saturated rings. The van der Waals surface area contributed by atoms with Gasteiger partial charge in [-0.1, -0.05) is 30.3 Å². The van der Waals surface area contributed by atoms with Gasteiger partial charge in [0.15, 0.2) is 11.5 Å². The number of hydrogen-bond donors (Lipinski definition) is 1. The first-order valence-electron chi connectivity index (χ1n) is 10.3. The standard InChI is InChI=1S/C26H25NO6/c1-29-18-10-11-19-20(14-18)33-25(23(19)17-8-6-5-7-9-17)26(28)27-15-16-12-21(30-2)24(32-4)22(13-16)31-3/h5-14H,15H2,1-4H3,(H,27,28). The molecule has 0 saturated heterocycles. The molecule has 7 heteroatoms. The number of furan rings is 1. The van der Waals surface area contributed by atoms with Crippen molar-refractivity contribution in [1.82, 2.24) is 5.32 Å². The third-order valence-electron chi connectivity index (χ3n) is 5.34. The van der Waals surface area contributed by atoms with Crippen molar-refractivity contribution in [3.63, 3.8) is 0 Å².